The first-order chi connectivity index (χ1) is 16.5. The number of amides is 3. The Labute approximate surface area is 207 Å². The van der Waals surface area contributed by atoms with E-state index in [9.17, 15) is 19.5 Å². The van der Waals surface area contributed by atoms with E-state index in [2.05, 4.69) is 5.32 Å². The Balaban J connectivity index is 1.32. The van der Waals surface area contributed by atoms with Crippen molar-refractivity contribution >= 4 is 50.9 Å². The molecule has 3 amide bonds. The summed E-state index contributed by atoms with van der Waals surface area (Å²) in [4.78, 5) is 38.9. The van der Waals surface area contributed by atoms with E-state index in [0.717, 1.165) is 24.8 Å². The SMILES string of the molecule is O=C(COC(=O)CCCC[C@@H]1CCSS1)NC(=O)N1c2ccccc2CC(O)c2ccccc21. The van der Waals surface area contributed by atoms with E-state index >= 15 is 0 Å². The number of benzene rings is 2. The molecular formula is C25H28N2O5S2. The Morgan fingerprint density at radius 2 is 1.82 bits per heavy atom. The van der Waals surface area contributed by atoms with Crippen molar-refractivity contribution in [2.75, 3.05) is 17.3 Å². The van der Waals surface area contributed by atoms with Gasteiger partial charge >= 0.3 is 12.0 Å². The summed E-state index contributed by atoms with van der Waals surface area (Å²) in [6.07, 6.45) is 3.82. The average molecular weight is 501 g/mol. The van der Waals surface area contributed by atoms with Crippen molar-refractivity contribution in [3.05, 3.63) is 59.7 Å². The molecule has 2 heterocycles. The number of anilines is 2. The number of imide groups is 1. The minimum atomic E-state index is -0.780. The molecule has 0 saturated carbocycles. The summed E-state index contributed by atoms with van der Waals surface area (Å²) < 4.78 is 5.07. The van der Waals surface area contributed by atoms with Gasteiger partial charge in [0.25, 0.3) is 5.91 Å². The lowest BCUT2D eigenvalue weighted by atomic mass is 10.0. The van der Waals surface area contributed by atoms with Crippen molar-refractivity contribution in [1.82, 2.24) is 5.32 Å². The minimum Gasteiger partial charge on any atom is -0.456 e. The molecule has 2 aromatic rings. The fraction of sp³-hybridized carbons (Fsp3) is 0.400. The van der Waals surface area contributed by atoms with Gasteiger partial charge < -0.3 is 9.84 Å². The second kappa shape index (κ2) is 11.8. The predicted molar refractivity (Wildman–Crippen MR) is 135 cm³/mol. The van der Waals surface area contributed by atoms with Gasteiger partial charge in [-0.1, -0.05) is 64.4 Å². The molecule has 0 radical (unpaired) electrons. The van der Waals surface area contributed by atoms with Crippen LogP contribution < -0.4 is 10.2 Å². The van der Waals surface area contributed by atoms with E-state index in [4.69, 9.17) is 4.74 Å². The number of rotatable bonds is 7. The van der Waals surface area contributed by atoms with Gasteiger partial charge in [0, 0.05) is 29.4 Å². The average Bonchev–Trinajstić information content (AvgIpc) is 3.31. The van der Waals surface area contributed by atoms with Gasteiger partial charge in [-0.15, -0.1) is 0 Å². The molecule has 180 valence electrons. The van der Waals surface area contributed by atoms with Crippen LogP contribution >= 0.6 is 21.6 Å². The van der Waals surface area contributed by atoms with Gasteiger partial charge in [0.05, 0.1) is 17.5 Å². The molecule has 1 unspecified atom stereocenters. The zero-order valence-electron chi connectivity index (χ0n) is 18.8. The van der Waals surface area contributed by atoms with E-state index in [-0.39, 0.29) is 6.42 Å². The number of hydrogen-bond acceptors (Lipinski definition) is 7. The zero-order chi connectivity index (χ0) is 23.9. The first-order valence-corrected chi connectivity index (χ1v) is 13.8. The number of aliphatic hydroxyl groups excluding tert-OH is 1. The van der Waals surface area contributed by atoms with E-state index < -0.39 is 30.6 Å². The number of unbranched alkanes of at least 4 members (excludes halogenated alkanes) is 1. The largest absolute Gasteiger partial charge is 0.456 e. The topological polar surface area (TPSA) is 95.9 Å². The molecule has 0 bridgehead atoms. The lowest BCUT2D eigenvalue weighted by molar-refractivity contribution is -0.148. The van der Waals surface area contributed by atoms with Crippen LogP contribution in [-0.2, 0) is 20.7 Å². The highest BCUT2D eigenvalue weighted by atomic mass is 33.1. The van der Waals surface area contributed by atoms with Crippen LogP contribution in [0.2, 0.25) is 0 Å². The van der Waals surface area contributed by atoms with Crippen LogP contribution in [0.25, 0.3) is 0 Å². The minimum absolute atomic E-state index is 0.260. The number of esters is 1. The van der Waals surface area contributed by atoms with Crippen molar-refractivity contribution in [3.63, 3.8) is 0 Å². The number of nitrogens with one attached hydrogen (secondary N) is 1. The van der Waals surface area contributed by atoms with Gasteiger partial charge in [0.2, 0.25) is 0 Å². The second-order valence-corrected chi connectivity index (χ2v) is 11.1. The molecule has 9 heteroatoms. The number of nitrogens with zero attached hydrogens (tertiary/aromatic N) is 1. The second-order valence-electron chi connectivity index (χ2n) is 8.33. The monoisotopic (exact) mass is 500 g/mol. The van der Waals surface area contributed by atoms with Crippen LogP contribution in [0, 0.1) is 0 Å². The van der Waals surface area contributed by atoms with E-state index in [1.54, 1.807) is 36.4 Å². The summed E-state index contributed by atoms with van der Waals surface area (Å²) in [5, 5.41) is 13.7. The van der Waals surface area contributed by atoms with Crippen molar-refractivity contribution in [1.29, 1.82) is 0 Å². The number of aliphatic hydroxyl groups is 1. The van der Waals surface area contributed by atoms with Gasteiger partial charge in [0.1, 0.15) is 0 Å². The quantitative estimate of drug-likeness (QED) is 0.317. The lowest BCUT2D eigenvalue weighted by Gasteiger charge is -2.24. The number of carbonyl (C=O) groups excluding carboxylic acids is 3. The Bertz CT molecular complexity index is 1040. The summed E-state index contributed by atoms with van der Waals surface area (Å²) >= 11 is 0. The van der Waals surface area contributed by atoms with Gasteiger partial charge in [-0.25, -0.2) is 4.79 Å². The highest BCUT2D eigenvalue weighted by molar-refractivity contribution is 8.77. The molecule has 0 aromatic heterocycles. The Morgan fingerprint density at radius 3 is 2.62 bits per heavy atom. The molecule has 0 spiro atoms. The highest BCUT2D eigenvalue weighted by Crippen LogP contribution is 2.40. The Morgan fingerprint density at radius 1 is 1.06 bits per heavy atom. The van der Waals surface area contributed by atoms with E-state index in [0.29, 0.717) is 28.6 Å². The molecule has 7 nitrogen and oxygen atoms in total. The van der Waals surface area contributed by atoms with Crippen LogP contribution in [0.5, 0.6) is 0 Å². The maximum absolute atomic E-state index is 13.1. The number of carbonyl (C=O) groups is 3. The fourth-order valence-corrected chi connectivity index (χ4v) is 7.20. The first kappa shape index (κ1) is 24.6. The molecule has 2 aliphatic heterocycles. The van der Waals surface area contributed by atoms with E-state index in [1.165, 1.54) is 17.1 Å². The number of fused-ring (bicyclic) bond motifs is 2. The Hall–Kier alpha value is -2.49. The van der Waals surface area contributed by atoms with Crippen LogP contribution in [0.4, 0.5) is 16.2 Å². The number of ether oxygens (including phenoxy) is 1. The third kappa shape index (κ3) is 6.14. The number of para-hydroxylation sites is 2. The molecule has 4 rings (SSSR count). The Kier molecular flexibility index (Phi) is 8.53. The number of hydrogen-bond donors (Lipinski definition) is 2. The van der Waals surface area contributed by atoms with Crippen molar-refractivity contribution < 1.29 is 24.2 Å². The maximum Gasteiger partial charge on any atom is 0.333 e. The molecule has 1 saturated heterocycles. The number of urea groups is 1. The van der Waals surface area contributed by atoms with E-state index in [1.807, 2.05) is 33.7 Å². The van der Waals surface area contributed by atoms with Crippen LogP contribution in [0.3, 0.4) is 0 Å². The van der Waals surface area contributed by atoms with Crippen molar-refractivity contribution in [3.8, 4) is 0 Å². The summed E-state index contributed by atoms with van der Waals surface area (Å²) in [5.74, 6) is 0.0579. The fourth-order valence-electron chi connectivity index (χ4n) is 4.18. The third-order valence-electron chi connectivity index (χ3n) is 5.88. The van der Waals surface area contributed by atoms with Gasteiger partial charge in [0.15, 0.2) is 6.61 Å². The molecule has 2 N–H and O–H groups in total. The van der Waals surface area contributed by atoms with Crippen LogP contribution in [0.15, 0.2) is 48.5 Å². The molecule has 2 aliphatic rings. The molecule has 2 aromatic carbocycles. The standard InChI is InChI=1S/C25H28N2O5S2/c28-22-15-17-7-1-4-10-20(17)27(21-11-5-3-9-19(21)22)25(31)26-23(29)16-32-24(30)12-6-2-8-18-13-14-33-34-18/h1,3-5,7,9-11,18,22,28H,2,6,8,12-16H2,(H,26,29,31)/t18-,22?/m1/s1. The molecular weight excluding hydrogens is 472 g/mol. The lowest BCUT2D eigenvalue weighted by Crippen LogP contribution is -2.42. The molecule has 0 aliphatic carbocycles. The summed E-state index contributed by atoms with van der Waals surface area (Å²) in [6, 6.07) is 13.7. The summed E-state index contributed by atoms with van der Waals surface area (Å²) in [6.45, 7) is -0.514. The predicted octanol–water partition coefficient (Wildman–Crippen LogP) is 4.91. The molecule has 34 heavy (non-hydrogen) atoms. The zero-order valence-corrected chi connectivity index (χ0v) is 20.4. The van der Waals surface area contributed by atoms with Crippen LogP contribution in [-0.4, -0.2) is 40.6 Å². The highest BCUT2D eigenvalue weighted by Gasteiger charge is 2.30. The third-order valence-corrected chi connectivity index (χ3v) is 8.89. The summed E-state index contributed by atoms with van der Waals surface area (Å²) in [5.41, 5.74) is 2.48. The van der Waals surface area contributed by atoms with Gasteiger partial charge in [-0.3, -0.25) is 19.8 Å². The summed E-state index contributed by atoms with van der Waals surface area (Å²) in [7, 11) is 3.83. The van der Waals surface area contributed by atoms with Crippen LogP contribution in [0.1, 0.15) is 49.3 Å². The maximum atomic E-state index is 13.1. The first-order valence-electron chi connectivity index (χ1n) is 11.5. The smallest absolute Gasteiger partial charge is 0.333 e. The normalized spacial score (nSPS) is 19.0. The van der Waals surface area contributed by atoms with Gasteiger partial charge in [-0.2, -0.15) is 0 Å². The van der Waals surface area contributed by atoms with Crippen molar-refractivity contribution in [2.24, 2.45) is 0 Å². The molecule has 2 atom stereocenters. The van der Waals surface area contributed by atoms with Gasteiger partial charge in [-0.05, 0) is 37.0 Å². The van der Waals surface area contributed by atoms with Crippen molar-refractivity contribution in [2.45, 2.75) is 49.9 Å². The molecule has 1 fully saturated rings.